The second kappa shape index (κ2) is 7.57. The predicted molar refractivity (Wildman–Crippen MR) is 81.9 cm³/mol. The Morgan fingerprint density at radius 2 is 1.78 bits per heavy atom. The van der Waals surface area contributed by atoms with Crippen LogP contribution in [-0.4, -0.2) is 42.4 Å². The normalized spacial score (nSPS) is 15.1. The lowest BCUT2D eigenvalue weighted by Gasteiger charge is -2.32. The average molecular weight is 322 g/mol. The van der Waals surface area contributed by atoms with Crippen LogP contribution in [0.25, 0.3) is 0 Å². The highest BCUT2D eigenvalue weighted by Gasteiger charge is 2.23. The molecule has 23 heavy (non-hydrogen) atoms. The quantitative estimate of drug-likeness (QED) is 0.712. The molecule has 1 saturated heterocycles. The predicted octanol–water partition coefficient (Wildman–Crippen LogP) is 0.671. The fourth-order valence-electron chi connectivity index (χ4n) is 2.40. The van der Waals surface area contributed by atoms with Crippen molar-refractivity contribution in [2.75, 3.05) is 25.0 Å². The lowest BCUT2D eigenvalue weighted by molar-refractivity contribution is -0.137. The van der Waals surface area contributed by atoms with Crippen molar-refractivity contribution in [2.45, 2.75) is 12.8 Å². The van der Waals surface area contributed by atoms with Gasteiger partial charge in [0.15, 0.2) is 0 Å². The third-order valence-electron chi connectivity index (χ3n) is 3.77. The summed E-state index contributed by atoms with van der Waals surface area (Å²) >= 11 is 0. The molecule has 1 aromatic rings. The van der Waals surface area contributed by atoms with Gasteiger partial charge in [-0.25, -0.2) is 9.18 Å². The molecule has 1 heterocycles. The zero-order valence-corrected chi connectivity index (χ0v) is 12.5. The number of nitrogens with zero attached hydrogens (tertiary/aromatic N) is 1. The molecule has 4 N–H and O–H groups in total. The lowest BCUT2D eigenvalue weighted by Crippen LogP contribution is -2.44. The van der Waals surface area contributed by atoms with E-state index < -0.39 is 11.8 Å². The standard InChI is InChI=1S/C15H19FN4O3/c16-11-1-3-12(4-2-11)19-15(23)20-7-5-10(6-8-20)9-18-14(22)13(17)21/h1-4,10H,5-9H2,(H2,17,21)(H,18,22)(H,19,23). The number of nitrogens with two attached hydrogens (primary N) is 1. The Bertz CT molecular complexity index is 583. The van der Waals surface area contributed by atoms with Crippen LogP contribution < -0.4 is 16.4 Å². The molecule has 7 nitrogen and oxygen atoms in total. The Labute approximate surface area is 133 Å². The van der Waals surface area contributed by atoms with Crippen LogP contribution in [0.1, 0.15) is 12.8 Å². The Morgan fingerprint density at radius 3 is 2.35 bits per heavy atom. The van der Waals surface area contributed by atoms with E-state index >= 15 is 0 Å². The summed E-state index contributed by atoms with van der Waals surface area (Å²) < 4.78 is 12.8. The van der Waals surface area contributed by atoms with Gasteiger partial charge in [-0.3, -0.25) is 9.59 Å². The molecule has 2 rings (SSSR count). The van der Waals surface area contributed by atoms with Gasteiger partial charge in [0, 0.05) is 25.3 Å². The largest absolute Gasteiger partial charge is 0.361 e. The summed E-state index contributed by atoms with van der Waals surface area (Å²) in [5.41, 5.74) is 5.39. The Kier molecular flexibility index (Phi) is 5.51. The fourth-order valence-corrected chi connectivity index (χ4v) is 2.40. The number of anilines is 1. The van der Waals surface area contributed by atoms with Gasteiger partial charge in [-0.2, -0.15) is 0 Å². The molecule has 1 fully saturated rings. The zero-order valence-electron chi connectivity index (χ0n) is 12.5. The first-order valence-corrected chi connectivity index (χ1v) is 7.35. The van der Waals surface area contributed by atoms with Crippen molar-refractivity contribution in [2.24, 2.45) is 11.7 Å². The molecule has 0 unspecified atom stereocenters. The SMILES string of the molecule is NC(=O)C(=O)NCC1CCN(C(=O)Nc2ccc(F)cc2)CC1. The molecule has 1 aliphatic heterocycles. The molecule has 8 heteroatoms. The smallest absolute Gasteiger partial charge is 0.321 e. The van der Waals surface area contributed by atoms with Crippen molar-refractivity contribution in [3.63, 3.8) is 0 Å². The van der Waals surface area contributed by atoms with Crippen molar-refractivity contribution in [3.8, 4) is 0 Å². The first kappa shape index (κ1) is 16.7. The third kappa shape index (κ3) is 4.94. The first-order chi connectivity index (χ1) is 11.0. The van der Waals surface area contributed by atoms with Crippen molar-refractivity contribution in [3.05, 3.63) is 30.1 Å². The molecule has 4 amide bonds. The van der Waals surface area contributed by atoms with Gasteiger partial charge in [0.05, 0.1) is 0 Å². The lowest BCUT2D eigenvalue weighted by atomic mass is 9.97. The summed E-state index contributed by atoms with van der Waals surface area (Å²) in [4.78, 5) is 35.5. The minimum absolute atomic E-state index is 0.202. The third-order valence-corrected chi connectivity index (χ3v) is 3.77. The summed E-state index contributed by atoms with van der Waals surface area (Å²) in [6, 6.07) is 5.32. The molecule has 0 aromatic heterocycles. The van der Waals surface area contributed by atoms with E-state index in [9.17, 15) is 18.8 Å². The van der Waals surface area contributed by atoms with Gasteiger partial charge in [-0.05, 0) is 43.0 Å². The van der Waals surface area contributed by atoms with E-state index in [1.807, 2.05) is 0 Å². The monoisotopic (exact) mass is 322 g/mol. The van der Waals surface area contributed by atoms with Gasteiger partial charge < -0.3 is 21.3 Å². The van der Waals surface area contributed by atoms with E-state index in [1.54, 1.807) is 4.90 Å². The van der Waals surface area contributed by atoms with Crippen LogP contribution in [0.3, 0.4) is 0 Å². The number of hydrogen-bond acceptors (Lipinski definition) is 3. The maximum atomic E-state index is 12.8. The number of primary amides is 1. The number of carbonyl (C=O) groups is 3. The van der Waals surface area contributed by atoms with Crippen LogP contribution in [0.5, 0.6) is 0 Å². The fraction of sp³-hybridized carbons (Fsp3) is 0.400. The maximum Gasteiger partial charge on any atom is 0.321 e. The highest BCUT2D eigenvalue weighted by molar-refractivity contribution is 6.34. The van der Waals surface area contributed by atoms with Gasteiger partial charge in [0.25, 0.3) is 0 Å². The number of urea groups is 1. The molecular weight excluding hydrogens is 303 g/mol. The number of hydrogen-bond donors (Lipinski definition) is 3. The Hall–Kier alpha value is -2.64. The minimum Gasteiger partial charge on any atom is -0.361 e. The number of likely N-dealkylation sites (tertiary alicyclic amines) is 1. The molecule has 0 spiro atoms. The Morgan fingerprint density at radius 1 is 1.17 bits per heavy atom. The molecule has 0 bridgehead atoms. The molecular formula is C15H19FN4O3. The van der Waals surface area contributed by atoms with E-state index in [1.165, 1.54) is 24.3 Å². The number of rotatable bonds is 3. The Balaban J connectivity index is 1.75. The van der Waals surface area contributed by atoms with Crippen LogP contribution in [0.4, 0.5) is 14.9 Å². The van der Waals surface area contributed by atoms with Crippen LogP contribution in [0.2, 0.25) is 0 Å². The van der Waals surface area contributed by atoms with E-state index in [-0.39, 0.29) is 17.8 Å². The first-order valence-electron chi connectivity index (χ1n) is 7.35. The summed E-state index contributed by atoms with van der Waals surface area (Å²) in [5, 5.41) is 5.18. The number of carbonyl (C=O) groups excluding carboxylic acids is 3. The number of benzene rings is 1. The molecule has 0 atom stereocenters. The highest BCUT2D eigenvalue weighted by Crippen LogP contribution is 2.18. The summed E-state index contributed by atoms with van der Waals surface area (Å²) in [5.74, 6) is -1.95. The van der Waals surface area contributed by atoms with Crippen LogP contribution >= 0.6 is 0 Å². The van der Waals surface area contributed by atoms with Crippen molar-refractivity contribution >= 4 is 23.5 Å². The van der Waals surface area contributed by atoms with Gasteiger partial charge >= 0.3 is 17.8 Å². The van der Waals surface area contributed by atoms with E-state index in [4.69, 9.17) is 5.73 Å². The topological polar surface area (TPSA) is 105 Å². The molecule has 0 saturated carbocycles. The average Bonchev–Trinajstić information content (AvgIpc) is 2.55. The van der Waals surface area contributed by atoms with E-state index in [0.29, 0.717) is 25.3 Å². The van der Waals surface area contributed by atoms with Crippen molar-refractivity contribution in [1.29, 1.82) is 0 Å². The molecule has 0 radical (unpaired) electrons. The maximum absolute atomic E-state index is 12.8. The zero-order chi connectivity index (χ0) is 16.8. The number of nitrogens with one attached hydrogen (secondary N) is 2. The minimum atomic E-state index is -0.999. The van der Waals surface area contributed by atoms with Crippen molar-refractivity contribution in [1.82, 2.24) is 10.2 Å². The van der Waals surface area contributed by atoms with Crippen LogP contribution in [0, 0.1) is 11.7 Å². The van der Waals surface area contributed by atoms with E-state index in [2.05, 4.69) is 10.6 Å². The van der Waals surface area contributed by atoms with Crippen LogP contribution in [0.15, 0.2) is 24.3 Å². The summed E-state index contributed by atoms with van der Waals surface area (Å²) in [6.07, 6.45) is 1.44. The van der Waals surface area contributed by atoms with Crippen LogP contribution in [-0.2, 0) is 9.59 Å². The second-order valence-corrected chi connectivity index (χ2v) is 5.44. The molecule has 1 aromatic carbocycles. The second-order valence-electron chi connectivity index (χ2n) is 5.44. The summed E-state index contributed by atoms with van der Waals surface area (Å²) in [7, 11) is 0. The van der Waals surface area contributed by atoms with Gasteiger partial charge in [-0.15, -0.1) is 0 Å². The van der Waals surface area contributed by atoms with Gasteiger partial charge in [0.1, 0.15) is 5.82 Å². The summed E-state index contributed by atoms with van der Waals surface area (Å²) in [6.45, 7) is 1.46. The molecule has 1 aliphatic rings. The van der Waals surface area contributed by atoms with E-state index in [0.717, 1.165) is 12.8 Å². The number of halogens is 1. The molecule has 0 aliphatic carbocycles. The molecule has 124 valence electrons. The number of piperidine rings is 1. The number of amides is 4. The van der Waals surface area contributed by atoms with Gasteiger partial charge in [0.2, 0.25) is 0 Å². The highest BCUT2D eigenvalue weighted by atomic mass is 19.1. The van der Waals surface area contributed by atoms with Crippen molar-refractivity contribution < 1.29 is 18.8 Å². The van der Waals surface area contributed by atoms with Gasteiger partial charge in [-0.1, -0.05) is 0 Å².